The highest BCUT2D eigenvalue weighted by Crippen LogP contribution is 2.41. The topological polar surface area (TPSA) is 20.2 Å². The number of fused-ring (bicyclic) bond motifs is 1. The Morgan fingerprint density at radius 2 is 1.68 bits per heavy atom. The molecule has 1 aliphatic carbocycles. The van der Waals surface area contributed by atoms with Gasteiger partial charge in [-0.3, -0.25) is 4.90 Å². The van der Waals surface area contributed by atoms with Crippen LogP contribution in [0, 0.1) is 5.92 Å². The lowest BCUT2D eigenvalue weighted by Gasteiger charge is -2.41. The minimum absolute atomic E-state index is 0. The van der Waals surface area contributed by atoms with Gasteiger partial charge < -0.3 is 9.88 Å². The normalized spacial score (nSPS) is 20.7. The van der Waals surface area contributed by atoms with E-state index in [0.717, 1.165) is 19.0 Å². The van der Waals surface area contributed by atoms with E-state index in [0.29, 0.717) is 6.04 Å². The Kier molecular flexibility index (Phi) is 7.63. The quantitative estimate of drug-likeness (QED) is 0.838. The van der Waals surface area contributed by atoms with Crippen molar-refractivity contribution in [1.29, 1.82) is 0 Å². The van der Waals surface area contributed by atoms with Crippen LogP contribution in [0.25, 0.3) is 10.9 Å². The van der Waals surface area contributed by atoms with Gasteiger partial charge in [0, 0.05) is 56.4 Å². The van der Waals surface area contributed by atoms with Crippen molar-refractivity contribution in [2.45, 2.75) is 38.1 Å². The predicted molar refractivity (Wildman–Crippen MR) is 111 cm³/mol. The highest BCUT2D eigenvalue weighted by molar-refractivity contribution is 5.86. The monoisotopic (exact) mass is 383 g/mol. The molecule has 1 aromatic carbocycles. The lowest BCUT2D eigenvalue weighted by atomic mass is 9.80. The molecule has 1 saturated heterocycles. The van der Waals surface area contributed by atoms with Gasteiger partial charge in [-0.2, -0.15) is 0 Å². The molecule has 25 heavy (non-hydrogen) atoms. The SMILES string of the molecule is Cl.Cl.Cn1cc([C@@H](C2CCCCC2)N2CCNCC2)c2ccccc21. The summed E-state index contributed by atoms with van der Waals surface area (Å²) in [6.07, 6.45) is 9.47. The van der Waals surface area contributed by atoms with Gasteiger partial charge in [0.05, 0.1) is 0 Å². The van der Waals surface area contributed by atoms with Crippen molar-refractivity contribution in [2.75, 3.05) is 26.2 Å². The zero-order valence-electron chi connectivity index (χ0n) is 15.1. The summed E-state index contributed by atoms with van der Waals surface area (Å²) < 4.78 is 2.32. The second-order valence-electron chi connectivity index (χ2n) is 7.34. The van der Waals surface area contributed by atoms with Crippen LogP contribution in [0.1, 0.15) is 43.7 Å². The number of benzene rings is 1. The molecule has 2 heterocycles. The molecule has 1 aliphatic heterocycles. The van der Waals surface area contributed by atoms with Gasteiger partial charge in [-0.05, 0) is 30.4 Å². The number of hydrogen-bond donors (Lipinski definition) is 1. The molecule has 1 N–H and O–H groups in total. The number of rotatable bonds is 3. The summed E-state index contributed by atoms with van der Waals surface area (Å²) in [7, 11) is 2.20. The molecule has 0 spiro atoms. The van der Waals surface area contributed by atoms with E-state index in [-0.39, 0.29) is 24.8 Å². The van der Waals surface area contributed by atoms with Gasteiger partial charge in [0.2, 0.25) is 0 Å². The summed E-state index contributed by atoms with van der Waals surface area (Å²) in [4.78, 5) is 2.76. The van der Waals surface area contributed by atoms with Crippen molar-refractivity contribution < 1.29 is 0 Å². The summed E-state index contributed by atoms with van der Waals surface area (Å²) in [5, 5.41) is 4.98. The Hall–Kier alpha value is -0.740. The Labute approximate surface area is 164 Å². The number of hydrogen-bond acceptors (Lipinski definition) is 2. The van der Waals surface area contributed by atoms with Crippen LogP contribution >= 0.6 is 24.8 Å². The van der Waals surface area contributed by atoms with E-state index in [4.69, 9.17) is 0 Å². The van der Waals surface area contributed by atoms with Crippen LogP contribution in [-0.4, -0.2) is 35.6 Å². The van der Waals surface area contributed by atoms with E-state index in [1.807, 2.05) is 0 Å². The summed E-state index contributed by atoms with van der Waals surface area (Å²) in [5.41, 5.74) is 2.94. The molecule has 0 unspecified atom stereocenters. The number of aromatic nitrogens is 1. The van der Waals surface area contributed by atoms with Crippen molar-refractivity contribution in [3.8, 4) is 0 Å². The number of para-hydroxylation sites is 1. The molecular formula is C20H31Cl2N3. The molecule has 0 bridgehead atoms. The van der Waals surface area contributed by atoms with Crippen molar-refractivity contribution in [1.82, 2.24) is 14.8 Å². The molecule has 140 valence electrons. The minimum atomic E-state index is 0. The number of nitrogens with one attached hydrogen (secondary N) is 1. The Morgan fingerprint density at radius 3 is 2.40 bits per heavy atom. The Bertz CT molecular complexity index is 640. The van der Waals surface area contributed by atoms with E-state index in [2.05, 4.69) is 52.3 Å². The maximum Gasteiger partial charge on any atom is 0.0481 e. The highest BCUT2D eigenvalue weighted by Gasteiger charge is 2.32. The maximum atomic E-state index is 3.52. The summed E-state index contributed by atoms with van der Waals surface area (Å²) >= 11 is 0. The lowest BCUT2D eigenvalue weighted by molar-refractivity contribution is 0.104. The first-order valence-electron chi connectivity index (χ1n) is 9.33. The molecule has 0 radical (unpaired) electrons. The molecule has 2 aliphatic rings. The highest BCUT2D eigenvalue weighted by atomic mass is 35.5. The van der Waals surface area contributed by atoms with Crippen LogP contribution in [0.2, 0.25) is 0 Å². The maximum absolute atomic E-state index is 3.52. The zero-order chi connectivity index (χ0) is 15.6. The summed E-state index contributed by atoms with van der Waals surface area (Å²) in [5.74, 6) is 0.827. The van der Waals surface area contributed by atoms with Crippen LogP contribution in [0.3, 0.4) is 0 Å². The average molecular weight is 384 g/mol. The van der Waals surface area contributed by atoms with E-state index in [9.17, 15) is 0 Å². The van der Waals surface area contributed by atoms with E-state index < -0.39 is 0 Å². The number of halogens is 2. The molecule has 2 aromatic rings. The summed E-state index contributed by atoms with van der Waals surface area (Å²) in [6.45, 7) is 4.64. The molecule has 1 atom stereocenters. The minimum Gasteiger partial charge on any atom is -0.350 e. The van der Waals surface area contributed by atoms with Gasteiger partial charge in [0.1, 0.15) is 0 Å². The van der Waals surface area contributed by atoms with E-state index >= 15 is 0 Å². The molecule has 4 rings (SSSR count). The first-order chi connectivity index (χ1) is 11.3. The second kappa shape index (κ2) is 9.27. The molecule has 3 nitrogen and oxygen atoms in total. The third kappa shape index (κ3) is 4.16. The first-order valence-corrected chi connectivity index (χ1v) is 9.33. The van der Waals surface area contributed by atoms with Crippen LogP contribution in [0.15, 0.2) is 30.5 Å². The smallest absolute Gasteiger partial charge is 0.0481 e. The third-order valence-corrected chi connectivity index (χ3v) is 5.89. The van der Waals surface area contributed by atoms with Gasteiger partial charge in [0.25, 0.3) is 0 Å². The second-order valence-corrected chi connectivity index (χ2v) is 7.34. The van der Waals surface area contributed by atoms with Gasteiger partial charge in [-0.15, -0.1) is 24.8 Å². The van der Waals surface area contributed by atoms with Gasteiger partial charge in [-0.1, -0.05) is 37.5 Å². The van der Waals surface area contributed by atoms with Crippen LogP contribution in [0.5, 0.6) is 0 Å². The van der Waals surface area contributed by atoms with Gasteiger partial charge in [-0.25, -0.2) is 0 Å². The first kappa shape index (κ1) is 20.6. The lowest BCUT2D eigenvalue weighted by Crippen LogP contribution is -2.47. The van der Waals surface area contributed by atoms with Crippen LogP contribution in [0.4, 0.5) is 0 Å². The fourth-order valence-corrected chi connectivity index (χ4v) is 4.77. The average Bonchev–Trinajstić information content (AvgIpc) is 2.94. The van der Waals surface area contributed by atoms with E-state index in [1.165, 1.54) is 56.1 Å². The number of piperazine rings is 1. The Morgan fingerprint density at radius 1 is 1.00 bits per heavy atom. The van der Waals surface area contributed by atoms with E-state index in [1.54, 1.807) is 5.56 Å². The fraction of sp³-hybridized carbons (Fsp3) is 0.600. The van der Waals surface area contributed by atoms with Crippen LogP contribution in [-0.2, 0) is 7.05 Å². The van der Waals surface area contributed by atoms with Crippen molar-refractivity contribution in [3.63, 3.8) is 0 Å². The molecule has 1 aromatic heterocycles. The summed E-state index contributed by atoms with van der Waals surface area (Å²) in [6, 6.07) is 9.54. The molecule has 2 fully saturated rings. The number of nitrogens with zero attached hydrogens (tertiary/aromatic N) is 2. The molecule has 5 heteroatoms. The Balaban J connectivity index is 0.00000113. The predicted octanol–water partition coefficient (Wildman–Crippen LogP) is 4.55. The van der Waals surface area contributed by atoms with Crippen molar-refractivity contribution in [2.24, 2.45) is 13.0 Å². The standard InChI is InChI=1S/C20H29N3.2ClH/c1-22-15-18(17-9-5-6-10-19(17)22)20(16-7-3-2-4-8-16)23-13-11-21-12-14-23;;/h5-6,9-10,15-16,20-21H,2-4,7-8,11-14H2,1H3;2*1H/t20-;;/m1../s1. The molecular weight excluding hydrogens is 353 g/mol. The van der Waals surface area contributed by atoms with Gasteiger partial charge in [0.15, 0.2) is 0 Å². The third-order valence-electron chi connectivity index (χ3n) is 5.89. The largest absolute Gasteiger partial charge is 0.350 e. The van der Waals surface area contributed by atoms with Crippen molar-refractivity contribution in [3.05, 3.63) is 36.0 Å². The fourth-order valence-electron chi connectivity index (χ4n) is 4.77. The molecule has 1 saturated carbocycles. The number of aryl methyl sites for hydroxylation is 1. The molecule has 0 amide bonds. The zero-order valence-corrected chi connectivity index (χ0v) is 16.7. The van der Waals surface area contributed by atoms with Crippen molar-refractivity contribution >= 4 is 35.7 Å². The van der Waals surface area contributed by atoms with Gasteiger partial charge >= 0.3 is 0 Å². The van der Waals surface area contributed by atoms with Crippen LogP contribution < -0.4 is 5.32 Å².